The lowest BCUT2D eigenvalue weighted by Gasteiger charge is -2.34. The van der Waals surface area contributed by atoms with Crippen LogP contribution in [0.2, 0.25) is 5.02 Å². The number of halogens is 1. The second-order valence-corrected chi connectivity index (χ2v) is 6.55. The van der Waals surface area contributed by atoms with Gasteiger partial charge in [0, 0.05) is 34.1 Å². The Bertz CT molecular complexity index is 776. The Labute approximate surface area is 143 Å². The Morgan fingerprint density at radius 1 is 1.25 bits per heavy atom. The van der Waals surface area contributed by atoms with E-state index >= 15 is 0 Å². The van der Waals surface area contributed by atoms with E-state index < -0.39 is 6.09 Å². The third-order valence-electron chi connectivity index (χ3n) is 4.38. The fourth-order valence-electron chi connectivity index (χ4n) is 3.14. The largest absolute Gasteiger partial charge is 0.465 e. The highest BCUT2D eigenvalue weighted by molar-refractivity contribution is 6.31. The van der Waals surface area contributed by atoms with Gasteiger partial charge < -0.3 is 26.5 Å². The minimum absolute atomic E-state index is 0.195. The molecule has 0 aliphatic heterocycles. The van der Waals surface area contributed by atoms with Crippen LogP contribution in [0.15, 0.2) is 24.3 Å². The number of aromatic nitrogens is 1. The van der Waals surface area contributed by atoms with Crippen LogP contribution < -0.4 is 16.4 Å². The highest BCUT2D eigenvalue weighted by Crippen LogP contribution is 2.21. The maximum Gasteiger partial charge on any atom is 0.404 e. The molecule has 1 aromatic heterocycles. The van der Waals surface area contributed by atoms with Gasteiger partial charge >= 0.3 is 6.09 Å². The highest BCUT2D eigenvalue weighted by Gasteiger charge is 2.30. The van der Waals surface area contributed by atoms with Crippen molar-refractivity contribution in [3.63, 3.8) is 0 Å². The zero-order valence-corrected chi connectivity index (χ0v) is 13.6. The van der Waals surface area contributed by atoms with Crippen molar-refractivity contribution in [3.05, 3.63) is 35.0 Å². The van der Waals surface area contributed by atoms with Gasteiger partial charge in [0.05, 0.1) is 0 Å². The number of hydrogen-bond acceptors (Lipinski definition) is 3. The molecule has 0 radical (unpaired) electrons. The lowest BCUT2D eigenvalue weighted by Crippen LogP contribution is -2.55. The van der Waals surface area contributed by atoms with Crippen molar-refractivity contribution in [1.82, 2.24) is 15.6 Å². The molecule has 1 heterocycles. The number of carbonyl (C=O) groups excluding carboxylic acids is 1. The van der Waals surface area contributed by atoms with Crippen LogP contribution >= 0.6 is 11.6 Å². The van der Waals surface area contributed by atoms with Gasteiger partial charge in [0.25, 0.3) is 5.91 Å². The van der Waals surface area contributed by atoms with Crippen LogP contribution in [0.3, 0.4) is 0 Å². The number of fused-ring (bicyclic) bond motifs is 1. The van der Waals surface area contributed by atoms with Crippen molar-refractivity contribution in [3.8, 4) is 0 Å². The Kier molecular flexibility index (Phi) is 4.64. The molecular weight excluding hydrogens is 332 g/mol. The number of carboxylic acid groups (broad SMARTS) is 1. The standard InChI is InChI=1S/C16H19ClN4O3/c17-9-1-4-12-8(5-9)6-14(20-12)15(22)21-13-7-10(19-16(23)24)2-3-11(13)18/h1,4-6,10-11,13,19-20H,2-3,7,18H2,(H,21,22)(H,23,24)/t10?,11-,13+/m0/s1. The SMILES string of the molecule is N[C@H]1CCC(NC(=O)O)C[C@H]1NC(=O)c1cc2cc(Cl)ccc2[nH]1. The minimum Gasteiger partial charge on any atom is -0.465 e. The van der Waals surface area contributed by atoms with E-state index in [-0.39, 0.29) is 24.0 Å². The van der Waals surface area contributed by atoms with E-state index in [2.05, 4.69) is 15.6 Å². The molecule has 1 fully saturated rings. The van der Waals surface area contributed by atoms with E-state index in [0.29, 0.717) is 30.0 Å². The lowest BCUT2D eigenvalue weighted by molar-refractivity contribution is 0.0911. The van der Waals surface area contributed by atoms with Gasteiger partial charge in [0.2, 0.25) is 0 Å². The zero-order valence-electron chi connectivity index (χ0n) is 12.9. The number of rotatable bonds is 3. The maximum atomic E-state index is 12.5. The molecule has 1 aliphatic rings. The molecule has 0 bridgehead atoms. The summed E-state index contributed by atoms with van der Waals surface area (Å²) in [7, 11) is 0. The first-order valence-electron chi connectivity index (χ1n) is 7.76. The molecule has 1 unspecified atom stereocenters. The fourth-order valence-corrected chi connectivity index (χ4v) is 3.32. The molecule has 2 aromatic rings. The molecule has 24 heavy (non-hydrogen) atoms. The summed E-state index contributed by atoms with van der Waals surface area (Å²) in [5, 5.41) is 15.7. The number of benzene rings is 1. The first-order chi connectivity index (χ1) is 11.4. The molecular formula is C16H19ClN4O3. The van der Waals surface area contributed by atoms with Crippen molar-refractivity contribution in [1.29, 1.82) is 0 Å². The normalized spacial score (nSPS) is 23.8. The second-order valence-electron chi connectivity index (χ2n) is 6.12. The Hall–Kier alpha value is -2.25. The number of nitrogens with two attached hydrogens (primary N) is 1. The van der Waals surface area contributed by atoms with Crippen LogP contribution in [-0.2, 0) is 0 Å². The topological polar surface area (TPSA) is 120 Å². The monoisotopic (exact) mass is 350 g/mol. The summed E-state index contributed by atoms with van der Waals surface area (Å²) in [6.45, 7) is 0. The number of hydrogen-bond donors (Lipinski definition) is 5. The van der Waals surface area contributed by atoms with Gasteiger partial charge in [-0.1, -0.05) is 11.6 Å². The van der Waals surface area contributed by atoms with Gasteiger partial charge in [-0.25, -0.2) is 4.79 Å². The summed E-state index contributed by atoms with van der Waals surface area (Å²) in [5.74, 6) is -0.265. The Morgan fingerprint density at radius 3 is 2.79 bits per heavy atom. The van der Waals surface area contributed by atoms with Gasteiger partial charge in [0.15, 0.2) is 0 Å². The predicted octanol–water partition coefficient (Wildman–Crippen LogP) is 2.07. The molecule has 1 aromatic carbocycles. The van der Waals surface area contributed by atoms with Crippen LogP contribution in [0.1, 0.15) is 29.8 Å². The molecule has 3 atom stereocenters. The van der Waals surface area contributed by atoms with Crippen LogP contribution in [0.25, 0.3) is 10.9 Å². The lowest BCUT2D eigenvalue weighted by atomic mass is 9.87. The van der Waals surface area contributed by atoms with Crippen LogP contribution in [-0.4, -0.2) is 40.2 Å². The van der Waals surface area contributed by atoms with Crippen molar-refractivity contribution in [2.75, 3.05) is 0 Å². The van der Waals surface area contributed by atoms with Crippen LogP contribution in [0.4, 0.5) is 4.79 Å². The first kappa shape index (κ1) is 16.6. The summed E-state index contributed by atoms with van der Waals surface area (Å²) >= 11 is 5.95. The third-order valence-corrected chi connectivity index (χ3v) is 4.61. The summed E-state index contributed by atoms with van der Waals surface area (Å²) in [5.41, 5.74) is 7.32. The molecule has 6 N–H and O–H groups in total. The average Bonchev–Trinajstić information content (AvgIpc) is 2.93. The molecule has 7 nitrogen and oxygen atoms in total. The predicted molar refractivity (Wildman–Crippen MR) is 91.3 cm³/mol. The van der Waals surface area contributed by atoms with Crippen LogP contribution in [0.5, 0.6) is 0 Å². The van der Waals surface area contributed by atoms with Gasteiger partial charge in [-0.15, -0.1) is 0 Å². The van der Waals surface area contributed by atoms with E-state index in [9.17, 15) is 9.59 Å². The minimum atomic E-state index is -1.06. The molecule has 2 amide bonds. The summed E-state index contributed by atoms with van der Waals surface area (Å²) < 4.78 is 0. The number of H-pyrrole nitrogens is 1. The molecule has 8 heteroatoms. The second kappa shape index (κ2) is 6.70. The van der Waals surface area contributed by atoms with E-state index in [4.69, 9.17) is 22.4 Å². The van der Waals surface area contributed by atoms with E-state index in [1.54, 1.807) is 18.2 Å². The smallest absolute Gasteiger partial charge is 0.404 e. The van der Waals surface area contributed by atoms with E-state index in [1.165, 1.54) is 0 Å². The van der Waals surface area contributed by atoms with E-state index in [1.807, 2.05) is 6.07 Å². The van der Waals surface area contributed by atoms with Gasteiger partial charge in [0.1, 0.15) is 5.69 Å². The van der Waals surface area contributed by atoms with E-state index in [0.717, 1.165) is 10.9 Å². The van der Waals surface area contributed by atoms with Crippen molar-refractivity contribution < 1.29 is 14.7 Å². The highest BCUT2D eigenvalue weighted by atomic mass is 35.5. The molecule has 0 saturated heterocycles. The quantitative estimate of drug-likeness (QED) is 0.582. The Balaban J connectivity index is 1.70. The first-order valence-corrected chi connectivity index (χ1v) is 8.14. The third kappa shape index (κ3) is 3.63. The summed E-state index contributed by atoms with van der Waals surface area (Å²) in [6.07, 6.45) is 0.738. The maximum absolute atomic E-state index is 12.5. The summed E-state index contributed by atoms with van der Waals surface area (Å²) in [4.78, 5) is 26.3. The van der Waals surface area contributed by atoms with Crippen molar-refractivity contribution >= 4 is 34.5 Å². The Morgan fingerprint density at radius 2 is 2.04 bits per heavy atom. The number of amides is 2. The summed E-state index contributed by atoms with van der Waals surface area (Å²) in [6, 6.07) is 6.41. The number of nitrogens with one attached hydrogen (secondary N) is 3. The van der Waals surface area contributed by atoms with Gasteiger partial charge in [-0.2, -0.15) is 0 Å². The molecule has 3 rings (SSSR count). The fraction of sp³-hybridized carbons (Fsp3) is 0.375. The number of carbonyl (C=O) groups is 2. The molecule has 128 valence electrons. The zero-order chi connectivity index (χ0) is 17.3. The average molecular weight is 351 g/mol. The van der Waals surface area contributed by atoms with Crippen molar-refractivity contribution in [2.24, 2.45) is 5.73 Å². The van der Waals surface area contributed by atoms with Gasteiger partial charge in [-0.3, -0.25) is 4.79 Å². The molecule has 0 spiro atoms. The molecule has 1 saturated carbocycles. The van der Waals surface area contributed by atoms with Crippen LogP contribution in [0, 0.1) is 0 Å². The molecule has 1 aliphatic carbocycles. The van der Waals surface area contributed by atoms with Crippen molar-refractivity contribution in [2.45, 2.75) is 37.4 Å². The number of aromatic amines is 1. The van der Waals surface area contributed by atoms with Gasteiger partial charge in [-0.05, 0) is 43.5 Å².